The third-order valence-electron chi connectivity index (χ3n) is 3.54. The molecule has 1 rings (SSSR count). The highest BCUT2D eigenvalue weighted by Crippen LogP contribution is 2.19. The second kappa shape index (κ2) is 13.3. The molecular formula is C18H31IN4OS. The Bertz CT molecular complexity index is 523. The summed E-state index contributed by atoms with van der Waals surface area (Å²) in [7, 11) is 0. The van der Waals surface area contributed by atoms with Crippen molar-refractivity contribution >= 4 is 47.6 Å². The molecule has 1 aromatic carbocycles. The molecule has 1 aromatic rings. The lowest BCUT2D eigenvalue weighted by Crippen LogP contribution is -2.43. The first-order chi connectivity index (χ1) is 11.5. The van der Waals surface area contributed by atoms with E-state index >= 15 is 0 Å². The van der Waals surface area contributed by atoms with E-state index in [0.717, 1.165) is 19.5 Å². The number of amides is 1. The second-order valence-corrected chi connectivity index (χ2v) is 7.61. The Labute approximate surface area is 173 Å². The van der Waals surface area contributed by atoms with Gasteiger partial charge in [0.1, 0.15) is 6.54 Å². The van der Waals surface area contributed by atoms with Gasteiger partial charge in [0.2, 0.25) is 5.91 Å². The molecule has 0 aromatic heterocycles. The predicted molar refractivity (Wildman–Crippen MR) is 120 cm³/mol. The molecule has 3 N–H and O–H groups in total. The maximum absolute atomic E-state index is 11.9. The van der Waals surface area contributed by atoms with E-state index in [9.17, 15) is 4.79 Å². The Kier molecular flexibility index (Phi) is 12.8. The number of thioether (sulfide) groups is 1. The zero-order chi connectivity index (χ0) is 17.8. The van der Waals surface area contributed by atoms with Crippen LogP contribution in [0.3, 0.4) is 0 Å². The van der Waals surface area contributed by atoms with E-state index in [1.807, 2.05) is 25.1 Å². The summed E-state index contributed by atoms with van der Waals surface area (Å²) in [6.45, 7) is 8.66. The van der Waals surface area contributed by atoms with Gasteiger partial charge in [0.05, 0.1) is 0 Å². The van der Waals surface area contributed by atoms with Gasteiger partial charge in [-0.1, -0.05) is 30.3 Å². The van der Waals surface area contributed by atoms with Crippen LogP contribution in [-0.2, 0) is 11.2 Å². The molecule has 0 aliphatic carbocycles. The summed E-state index contributed by atoms with van der Waals surface area (Å²) >= 11 is 1.80. The molecule has 1 amide bonds. The number of rotatable bonds is 9. The fourth-order valence-corrected chi connectivity index (χ4v) is 2.12. The Hall–Kier alpha value is -0.960. The number of halogens is 1. The summed E-state index contributed by atoms with van der Waals surface area (Å²) in [5.74, 6) is 0.616. The summed E-state index contributed by atoms with van der Waals surface area (Å²) < 4.78 is 0.119. The summed E-state index contributed by atoms with van der Waals surface area (Å²) in [5.41, 5.74) is 1.22. The van der Waals surface area contributed by atoms with E-state index in [4.69, 9.17) is 0 Å². The van der Waals surface area contributed by atoms with E-state index in [1.165, 1.54) is 5.56 Å². The van der Waals surface area contributed by atoms with Gasteiger partial charge in [-0.3, -0.25) is 4.79 Å². The number of aliphatic imine (C=N–C) groups is 1. The lowest BCUT2D eigenvalue weighted by atomic mass is 10.1. The van der Waals surface area contributed by atoms with Crippen molar-refractivity contribution in [3.63, 3.8) is 0 Å². The average molecular weight is 478 g/mol. The first kappa shape index (κ1) is 24.0. The largest absolute Gasteiger partial charge is 0.357 e. The van der Waals surface area contributed by atoms with Crippen LogP contribution in [-0.4, -0.2) is 49.0 Å². The molecule has 0 bridgehead atoms. The first-order valence-corrected chi connectivity index (χ1v) is 9.57. The smallest absolute Gasteiger partial charge is 0.241 e. The van der Waals surface area contributed by atoms with Gasteiger partial charge in [0.25, 0.3) is 0 Å². The van der Waals surface area contributed by atoms with Crippen molar-refractivity contribution in [3.8, 4) is 0 Å². The number of guanidine groups is 1. The van der Waals surface area contributed by atoms with Crippen LogP contribution in [0.2, 0.25) is 0 Å². The summed E-state index contributed by atoms with van der Waals surface area (Å²) in [6, 6.07) is 10.1. The molecule has 0 saturated heterocycles. The van der Waals surface area contributed by atoms with Gasteiger partial charge >= 0.3 is 0 Å². The number of benzene rings is 1. The standard InChI is InChI=1S/C18H30N4OS.HI/c1-5-19-17(22-14-18(2,3)24-4)21-13-16(23)20-12-11-15-9-7-6-8-10-15;/h6-10H,5,11-14H2,1-4H3,(H,20,23)(H2,19,21,22);1H. The molecule has 0 fully saturated rings. The minimum Gasteiger partial charge on any atom is -0.357 e. The highest BCUT2D eigenvalue weighted by molar-refractivity contribution is 14.0. The van der Waals surface area contributed by atoms with E-state index in [1.54, 1.807) is 11.8 Å². The van der Waals surface area contributed by atoms with Gasteiger partial charge in [-0.05, 0) is 39.0 Å². The number of hydrogen-bond acceptors (Lipinski definition) is 3. The molecule has 0 atom stereocenters. The Morgan fingerprint density at radius 1 is 1.16 bits per heavy atom. The molecule has 0 heterocycles. The van der Waals surface area contributed by atoms with Crippen molar-refractivity contribution in [1.82, 2.24) is 16.0 Å². The maximum atomic E-state index is 11.9. The van der Waals surface area contributed by atoms with Crippen molar-refractivity contribution in [2.24, 2.45) is 4.99 Å². The van der Waals surface area contributed by atoms with Gasteiger partial charge in [0.15, 0.2) is 5.96 Å². The Morgan fingerprint density at radius 3 is 2.44 bits per heavy atom. The highest BCUT2D eigenvalue weighted by Gasteiger charge is 2.16. The van der Waals surface area contributed by atoms with Crippen molar-refractivity contribution in [3.05, 3.63) is 35.9 Å². The van der Waals surface area contributed by atoms with Crippen LogP contribution < -0.4 is 16.0 Å². The van der Waals surface area contributed by atoms with Crippen LogP contribution in [0.15, 0.2) is 35.3 Å². The predicted octanol–water partition coefficient (Wildman–Crippen LogP) is 2.66. The molecule has 5 nitrogen and oxygen atoms in total. The van der Waals surface area contributed by atoms with Crippen LogP contribution in [0.1, 0.15) is 26.3 Å². The summed E-state index contributed by atoms with van der Waals surface area (Å²) in [5, 5.41) is 9.36. The van der Waals surface area contributed by atoms with Gasteiger partial charge in [0, 0.05) is 24.4 Å². The fourth-order valence-electron chi connectivity index (χ4n) is 1.91. The molecule has 0 saturated carbocycles. The second-order valence-electron chi connectivity index (χ2n) is 6.10. The van der Waals surface area contributed by atoms with Gasteiger partial charge in [-0.15, -0.1) is 24.0 Å². The number of carbonyl (C=O) groups excluding carboxylic acids is 1. The average Bonchev–Trinajstić information content (AvgIpc) is 2.58. The van der Waals surface area contributed by atoms with E-state index in [2.05, 4.69) is 53.2 Å². The van der Waals surface area contributed by atoms with Crippen molar-refractivity contribution < 1.29 is 4.79 Å². The molecule has 0 spiro atoms. The minimum atomic E-state index is -0.0627. The molecule has 0 aliphatic rings. The topological polar surface area (TPSA) is 65.5 Å². The SMILES string of the molecule is CCNC(=NCC(=O)NCCc1ccccc1)NCC(C)(C)SC.I. The molecule has 0 unspecified atom stereocenters. The Balaban J connectivity index is 0.00000576. The number of hydrogen-bond donors (Lipinski definition) is 3. The van der Waals surface area contributed by atoms with Crippen LogP contribution in [0, 0.1) is 0 Å². The highest BCUT2D eigenvalue weighted by atomic mass is 127. The quantitative estimate of drug-likeness (QED) is 0.290. The zero-order valence-electron chi connectivity index (χ0n) is 15.6. The lowest BCUT2D eigenvalue weighted by molar-refractivity contribution is -0.119. The zero-order valence-corrected chi connectivity index (χ0v) is 18.7. The molecule has 0 aliphatic heterocycles. The molecule has 25 heavy (non-hydrogen) atoms. The van der Waals surface area contributed by atoms with E-state index < -0.39 is 0 Å². The molecular weight excluding hydrogens is 447 g/mol. The molecule has 0 radical (unpaired) electrons. The van der Waals surface area contributed by atoms with Crippen LogP contribution in [0.25, 0.3) is 0 Å². The normalized spacial score (nSPS) is 11.4. The number of nitrogens with one attached hydrogen (secondary N) is 3. The van der Waals surface area contributed by atoms with Crippen LogP contribution in [0.4, 0.5) is 0 Å². The first-order valence-electron chi connectivity index (χ1n) is 8.35. The van der Waals surface area contributed by atoms with Crippen LogP contribution >= 0.6 is 35.7 Å². The fraction of sp³-hybridized carbons (Fsp3) is 0.556. The Morgan fingerprint density at radius 2 is 1.84 bits per heavy atom. The maximum Gasteiger partial charge on any atom is 0.241 e. The summed E-state index contributed by atoms with van der Waals surface area (Å²) in [6.07, 6.45) is 2.92. The van der Waals surface area contributed by atoms with E-state index in [-0.39, 0.29) is 41.2 Å². The van der Waals surface area contributed by atoms with Gasteiger partial charge < -0.3 is 16.0 Å². The third kappa shape index (κ3) is 11.3. The van der Waals surface area contributed by atoms with Crippen molar-refractivity contribution in [2.75, 3.05) is 32.4 Å². The van der Waals surface area contributed by atoms with Gasteiger partial charge in [-0.25, -0.2) is 4.99 Å². The molecule has 142 valence electrons. The van der Waals surface area contributed by atoms with Gasteiger partial charge in [-0.2, -0.15) is 11.8 Å². The van der Waals surface area contributed by atoms with Crippen LogP contribution in [0.5, 0.6) is 0 Å². The monoisotopic (exact) mass is 478 g/mol. The van der Waals surface area contributed by atoms with E-state index in [0.29, 0.717) is 12.5 Å². The minimum absolute atomic E-state index is 0. The molecule has 7 heteroatoms. The number of carbonyl (C=O) groups is 1. The lowest BCUT2D eigenvalue weighted by Gasteiger charge is -2.23. The summed E-state index contributed by atoms with van der Waals surface area (Å²) in [4.78, 5) is 16.3. The third-order valence-corrected chi connectivity index (χ3v) is 4.79. The number of nitrogens with zero attached hydrogens (tertiary/aromatic N) is 1. The van der Waals surface area contributed by atoms with Crippen molar-refractivity contribution in [2.45, 2.75) is 31.9 Å². The van der Waals surface area contributed by atoms with Crippen molar-refractivity contribution in [1.29, 1.82) is 0 Å².